The lowest BCUT2D eigenvalue weighted by Gasteiger charge is -2.02. The number of aromatic nitrogens is 1. The van der Waals surface area contributed by atoms with Gasteiger partial charge < -0.3 is 17.0 Å². The molecule has 2 rings (SSSR count). The van der Waals surface area contributed by atoms with Crippen LogP contribution < -0.4 is 27.3 Å². The van der Waals surface area contributed by atoms with E-state index in [1.54, 1.807) is 35.0 Å². The van der Waals surface area contributed by atoms with Crippen molar-refractivity contribution in [1.29, 1.82) is 0 Å². The molecule has 0 spiro atoms. The number of nitrogens with zero attached hydrogens (tertiary/aromatic N) is 2. The normalized spacial score (nSPS) is 9.60. The van der Waals surface area contributed by atoms with Crippen LogP contribution in [-0.4, -0.2) is 10.7 Å². The summed E-state index contributed by atoms with van der Waals surface area (Å²) in [5.41, 5.74) is 5.92. The zero-order valence-electron chi connectivity index (χ0n) is 10.4. The van der Waals surface area contributed by atoms with Crippen LogP contribution in [0.4, 0.5) is 11.5 Å². The summed E-state index contributed by atoms with van der Waals surface area (Å²) in [6, 6.07) is 10.9. The molecule has 1 heterocycles. The second-order valence-corrected chi connectivity index (χ2v) is 3.98. The Hall–Kier alpha value is -2.28. The molecule has 2 aromatic rings. The molecule has 0 aliphatic heterocycles. The Bertz CT molecular complexity index is 646. The predicted molar refractivity (Wildman–Crippen MR) is 68.5 cm³/mol. The molecular formula is C13H12BrN3O3. The lowest BCUT2D eigenvalue weighted by atomic mass is 10.1. The van der Waals surface area contributed by atoms with Crippen molar-refractivity contribution < 1.29 is 31.3 Å². The van der Waals surface area contributed by atoms with Gasteiger partial charge in [-0.1, -0.05) is 18.2 Å². The molecule has 104 valence electrons. The molecule has 0 saturated carbocycles. The SMILES string of the molecule is Nc1cccc[n+]1CC(=O)c1cccc([N+](=O)[O-])c1.[Br-]. The van der Waals surface area contributed by atoms with E-state index in [0.29, 0.717) is 11.4 Å². The van der Waals surface area contributed by atoms with Crippen LogP contribution >= 0.6 is 0 Å². The molecule has 20 heavy (non-hydrogen) atoms. The molecule has 1 aromatic carbocycles. The van der Waals surface area contributed by atoms with E-state index in [1.165, 1.54) is 18.2 Å². The monoisotopic (exact) mass is 337 g/mol. The first-order chi connectivity index (χ1) is 9.08. The summed E-state index contributed by atoms with van der Waals surface area (Å²) in [5.74, 6) is 0.230. The Morgan fingerprint density at radius 3 is 2.65 bits per heavy atom. The zero-order chi connectivity index (χ0) is 13.8. The summed E-state index contributed by atoms with van der Waals surface area (Å²) in [7, 11) is 0. The fourth-order valence-electron chi connectivity index (χ4n) is 1.67. The van der Waals surface area contributed by atoms with E-state index in [2.05, 4.69) is 0 Å². The second kappa shape index (κ2) is 6.76. The summed E-state index contributed by atoms with van der Waals surface area (Å²) in [4.78, 5) is 22.2. The molecule has 0 unspecified atom stereocenters. The fourth-order valence-corrected chi connectivity index (χ4v) is 1.67. The molecule has 0 fully saturated rings. The number of non-ortho nitro benzene ring substituents is 1. The minimum Gasteiger partial charge on any atom is -1.00 e. The molecule has 6 nitrogen and oxygen atoms in total. The molecule has 0 atom stereocenters. The smallest absolute Gasteiger partial charge is 0.272 e. The summed E-state index contributed by atoms with van der Waals surface area (Å²) in [6.07, 6.45) is 1.69. The van der Waals surface area contributed by atoms with Crippen molar-refractivity contribution in [2.24, 2.45) is 0 Å². The number of hydrogen-bond acceptors (Lipinski definition) is 4. The van der Waals surface area contributed by atoms with E-state index in [9.17, 15) is 14.9 Å². The number of nitro benzene ring substituents is 1. The number of hydrogen-bond donors (Lipinski definition) is 1. The van der Waals surface area contributed by atoms with Gasteiger partial charge in [0, 0.05) is 23.8 Å². The Morgan fingerprint density at radius 2 is 2.00 bits per heavy atom. The molecule has 7 heteroatoms. The van der Waals surface area contributed by atoms with Crippen LogP contribution in [0.2, 0.25) is 0 Å². The maximum absolute atomic E-state index is 12.0. The highest BCUT2D eigenvalue weighted by Gasteiger charge is 2.14. The maximum atomic E-state index is 12.0. The molecule has 0 saturated heterocycles. The number of carbonyl (C=O) groups excluding carboxylic acids is 1. The van der Waals surface area contributed by atoms with E-state index in [-0.39, 0.29) is 35.0 Å². The van der Waals surface area contributed by atoms with Crippen molar-refractivity contribution in [2.75, 3.05) is 5.73 Å². The van der Waals surface area contributed by atoms with Crippen LogP contribution in [0.25, 0.3) is 0 Å². The number of nitro groups is 1. The third-order valence-corrected chi connectivity index (χ3v) is 2.67. The van der Waals surface area contributed by atoms with Gasteiger partial charge in [0.25, 0.3) is 11.5 Å². The predicted octanol–water partition coefficient (Wildman–Crippen LogP) is -1.65. The van der Waals surface area contributed by atoms with Gasteiger partial charge in [0.15, 0.2) is 6.54 Å². The largest absolute Gasteiger partial charge is 1.00 e. The number of Topliss-reactive ketones (excluding diaryl/α,β-unsaturated/α-hetero) is 1. The van der Waals surface area contributed by atoms with Gasteiger partial charge in [-0.3, -0.25) is 20.6 Å². The average Bonchev–Trinajstić information content (AvgIpc) is 2.41. The Morgan fingerprint density at radius 1 is 1.25 bits per heavy atom. The van der Waals surface area contributed by atoms with Gasteiger partial charge in [0.2, 0.25) is 5.78 Å². The number of pyridine rings is 1. The van der Waals surface area contributed by atoms with Gasteiger partial charge >= 0.3 is 0 Å². The highest BCUT2D eigenvalue weighted by molar-refractivity contribution is 5.95. The topological polar surface area (TPSA) is 90.1 Å². The van der Waals surface area contributed by atoms with Crippen LogP contribution in [0.3, 0.4) is 0 Å². The van der Waals surface area contributed by atoms with Gasteiger partial charge in [-0.05, 0) is 6.07 Å². The van der Waals surface area contributed by atoms with Crippen LogP contribution in [0.5, 0.6) is 0 Å². The van der Waals surface area contributed by atoms with Crippen LogP contribution in [0.15, 0.2) is 48.7 Å². The minimum absolute atomic E-state index is 0. The number of anilines is 1. The van der Waals surface area contributed by atoms with E-state index in [0.717, 1.165) is 0 Å². The minimum atomic E-state index is -0.527. The maximum Gasteiger partial charge on any atom is 0.272 e. The number of nitrogen functional groups attached to an aromatic ring is 1. The van der Waals surface area contributed by atoms with Crippen molar-refractivity contribution in [1.82, 2.24) is 0 Å². The number of halogens is 1. The number of ketones is 1. The number of benzene rings is 1. The van der Waals surface area contributed by atoms with Crippen LogP contribution in [0.1, 0.15) is 10.4 Å². The number of rotatable bonds is 4. The molecular weight excluding hydrogens is 326 g/mol. The van der Waals surface area contributed by atoms with Gasteiger partial charge in [-0.2, -0.15) is 0 Å². The van der Waals surface area contributed by atoms with Crippen molar-refractivity contribution in [3.05, 3.63) is 64.3 Å². The first-order valence-electron chi connectivity index (χ1n) is 5.59. The summed E-state index contributed by atoms with van der Waals surface area (Å²) in [5, 5.41) is 10.7. The number of carbonyl (C=O) groups is 1. The number of nitrogens with two attached hydrogens (primary N) is 1. The summed E-state index contributed by atoms with van der Waals surface area (Å²) in [6.45, 7) is 0.0494. The van der Waals surface area contributed by atoms with Crippen molar-refractivity contribution in [3.8, 4) is 0 Å². The van der Waals surface area contributed by atoms with Gasteiger partial charge in [-0.15, -0.1) is 0 Å². The molecule has 0 aliphatic rings. The molecule has 0 aliphatic carbocycles. The lowest BCUT2D eigenvalue weighted by Crippen LogP contribution is -3.00. The van der Waals surface area contributed by atoms with E-state index < -0.39 is 4.92 Å². The Labute approximate surface area is 125 Å². The lowest BCUT2D eigenvalue weighted by molar-refractivity contribution is -0.668. The van der Waals surface area contributed by atoms with Crippen molar-refractivity contribution in [2.45, 2.75) is 6.54 Å². The highest BCUT2D eigenvalue weighted by atomic mass is 79.9. The first kappa shape index (κ1) is 15.8. The van der Waals surface area contributed by atoms with Gasteiger partial charge in [-0.25, -0.2) is 4.57 Å². The quantitative estimate of drug-likeness (QED) is 0.313. The van der Waals surface area contributed by atoms with Crippen LogP contribution in [0, 0.1) is 10.1 Å². The average molecular weight is 338 g/mol. The zero-order valence-corrected chi connectivity index (χ0v) is 12.0. The molecule has 0 bridgehead atoms. The first-order valence-corrected chi connectivity index (χ1v) is 5.59. The summed E-state index contributed by atoms with van der Waals surface area (Å²) >= 11 is 0. The third kappa shape index (κ3) is 3.61. The third-order valence-electron chi connectivity index (χ3n) is 2.67. The van der Waals surface area contributed by atoms with E-state index in [4.69, 9.17) is 5.73 Å². The summed E-state index contributed by atoms with van der Waals surface area (Å²) < 4.78 is 1.58. The van der Waals surface area contributed by atoms with E-state index >= 15 is 0 Å². The van der Waals surface area contributed by atoms with Gasteiger partial charge in [0.1, 0.15) is 0 Å². The fraction of sp³-hybridized carbons (Fsp3) is 0.0769. The van der Waals surface area contributed by atoms with E-state index in [1.807, 2.05) is 0 Å². The molecule has 0 amide bonds. The standard InChI is InChI=1S/C13H11N3O3.BrH/c14-13-6-1-2-7-15(13)9-12(17)10-4-3-5-11(8-10)16(18)19;/h1-8,14H,9H2;1H. The van der Waals surface area contributed by atoms with Crippen LogP contribution in [-0.2, 0) is 6.54 Å². The molecule has 2 N–H and O–H groups in total. The van der Waals surface area contributed by atoms with Crippen molar-refractivity contribution in [3.63, 3.8) is 0 Å². The molecule has 1 aromatic heterocycles. The Balaban J connectivity index is 0.00000200. The van der Waals surface area contributed by atoms with Gasteiger partial charge in [0.05, 0.1) is 11.1 Å². The second-order valence-electron chi connectivity index (χ2n) is 3.98. The highest BCUT2D eigenvalue weighted by Crippen LogP contribution is 2.13. The Kier molecular flexibility index (Phi) is 5.33. The van der Waals surface area contributed by atoms with Crippen molar-refractivity contribution >= 4 is 17.3 Å². The molecule has 0 radical (unpaired) electrons.